The molecule has 0 saturated carbocycles. The lowest BCUT2D eigenvalue weighted by Crippen LogP contribution is -2.35. The third-order valence-electron chi connectivity index (χ3n) is 2.43. The van der Waals surface area contributed by atoms with Crippen LogP contribution in [0.3, 0.4) is 0 Å². The maximum absolute atomic E-state index is 11.9. The number of nitrogens with zero attached hydrogens (tertiary/aromatic N) is 2. The molecule has 0 aromatic carbocycles. The van der Waals surface area contributed by atoms with E-state index in [-0.39, 0.29) is 5.91 Å². The molecule has 1 amide bonds. The minimum absolute atomic E-state index is 0.0460. The smallest absolute Gasteiger partial charge is 0.267 e. The topological polar surface area (TPSA) is 59.2 Å². The van der Waals surface area contributed by atoms with Crippen molar-refractivity contribution in [1.82, 2.24) is 9.88 Å². The van der Waals surface area contributed by atoms with Crippen LogP contribution >= 0.6 is 11.3 Å². The van der Waals surface area contributed by atoms with Gasteiger partial charge in [-0.3, -0.25) is 4.79 Å². The summed E-state index contributed by atoms with van der Waals surface area (Å²) < 4.78 is 0. The number of rotatable bonds is 1. The maximum Gasteiger partial charge on any atom is 0.267 e. The predicted octanol–water partition coefficient (Wildman–Crippen LogP) is 1.35. The van der Waals surface area contributed by atoms with Crippen molar-refractivity contribution in [3.05, 3.63) is 10.4 Å². The van der Waals surface area contributed by atoms with Gasteiger partial charge in [0.1, 0.15) is 10.7 Å². The lowest BCUT2D eigenvalue weighted by molar-refractivity contribution is 0.0730. The number of hydrogen-bond donors (Lipinski definition) is 1. The molecule has 0 aliphatic carbocycles. The molecule has 4 nitrogen and oxygen atoms in total. The predicted molar refractivity (Wildman–Crippen MR) is 56.3 cm³/mol. The minimum atomic E-state index is 0.0460. The van der Waals surface area contributed by atoms with E-state index in [1.54, 1.807) is 5.51 Å². The van der Waals surface area contributed by atoms with Gasteiger partial charge in [0.15, 0.2) is 0 Å². The summed E-state index contributed by atoms with van der Waals surface area (Å²) in [6.07, 6.45) is 3.43. The Morgan fingerprint density at radius 3 is 2.71 bits per heavy atom. The van der Waals surface area contributed by atoms with E-state index in [1.165, 1.54) is 17.8 Å². The van der Waals surface area contributed by atoms with E-state index in [0.717, 1.165) is 25.9 Å². The Balaban J connectivity index is 2.11. The zero-order chi connectivity index (χ0) is 9.97. The van der Waals surface area contributed by atoms with E-state index in [4.69, 9.17) is 5.73 Å². The van der Waals surface area contributed by atoms with Gasteiger partial charge >= 0.3 is 0 Å². The molecule has 1 aliphatic rings. The van der Waals surface area contributed by atoms with E-state index in [9.17, 15) is 4.79 Å². The molecule has 2 N–H and O–H groups in total. The molecule has 76 valence electrons. The van der Waals surface area contributed by atoms with Crippen LogP contribution in [0.5, 0.6) is 0 Å². The van der Waals surface area contributed by atoms with Gasteiger partial charge in [-0.1, -0.05) is 0 Å². The zero-order valence-corrected chi connectivity index (χ0v) is 8.72. The van der Waals surface area contributed by atoms with Gasteiger partial charge in [0.25, 0.3) is 5.91 Å². The van der Waals surface area contributed by atoms with Gasteiger partial charge in [-0.25, -0.2) is 4.98 Å². The summed E-state index contributed by atoms with van der Waals surface area (Å²) in [6, 6.07) is 0. The molecule has 1 fully saturated rings. The average molecular weight is 211 g/mol. The molecule has 2 rings (SSSR count). The van der Waals surface area contributed by atoms with E-state index in [0.29, 0.717) is 10.7 Å². The molecule has 0 atom stereocenters. The zero-order valence-electron chi connectivity index (χ0n) is 7.90. The molecular formula is C9H13N3OS. The van der Waals surface area contributed by atoms with Crippen LogP contribution in [-0.2, 0) is 0 Å². The lowest BCUT2D eigenvalue weighted by Gasteiger charge is -2.26. The van der Waals surface area contributed by atoms with Crippen molar-refractivity contribution in [2.75, 3.05) is 18.8 Å². The first-order valence-electron chi connectivity index (χ1n) is 4.77. The van der Waals surface area contributed by atoms with E-state index >= 15 is 0 Å². The molecule has 1 aromatic rings. The molecule has 1 saturated heterocycles. The highest BCUT2D eigenvalue weighted by atomic mass is 32.1. The third-order valence-corrected chi connectivity index (χ3v) is 3.26. The Bertz CT molecular complexity index is 331. The van der Waals surface area contributed by atoms with Crippen LogP contribution in [0.4, 0.5) is 5.82 Å². The number of carbonyl (C=O) groups excluding carboxylic acids is 1. The normalized spacial score (nSPS) is 17.0. The number of nitrogens with two attached hydrogens (primary N) is 1. The number of aromatic nitrogens is 1. The number of amides is 1. The van der Waals surface area contributed by atoms with Gasteiger partial charge in [-0.05, 0) is 19.3 Å². The molecule has 0 radical (unpaired) electrons. The molecule has 0 bridgehead atoms. The highest BCUT2D eigenvalue weighted by Crippen LogP contribution is 2.20. The second-order valence-electron chi connectivity index (χ2n) is 3.42. The highest BCUT2D eigenvalue weighted by Gasteiger charge is 2.21. The molecule has 0 spiro atoms. The maximum atomic E-state index is 11.9. The van der Waals surface area contributed by atoms with Crippen molar-refractivity contribution >= 4 is 23.1 Å². The number of carbonyl (C=O) groups is 1. The van der Waals surface area contributed by atoms with Crippen molar-refractivity contribution in [1.29, 1.82) is 0 Å². The number of nitrogen functional groups attached to an aromatic ring is 1. The molecule has 5 heteroatoms. The van der Waals surface area contributed by atoms with Gasteiger partial charge in [-0.2, -0.15) is 0 Å². The van der Waals surface area contributed by atoms with Crippen molar-refractivity contribution in [2.45, 2.75) is 19.3 Å². The first-order chi connectivity index (χ1) is 6.79. The Hall–Kier alpha value is -1.10. The van der Waals surface area contributed by atoms with Gasteiger partial charge in [0.05, 0.1) is 5.51 Å². The largest absolute Gasteiger partial charge is 0.382 e. The van der Waals surface area contributed by atoms with Crippen molar-refractivity contribution in [3.8, 4) is 0 Å². The van der Waals surface area contributed by atoms with Crippen LogP contribution < -0.4 is 5.73 Å². The molecular weight excluding hydrogens is 198 g/mol. The van der Waals surface area contributed by atoms with Crippen LogP contribution in [0.25, 0.3) is 0 Å². The van der Waals surface area contributed by atoms with E-state index in [1.807, 2.05) is 4.90 Å². The Morgan fingerprint density at radius 1 is 1.43 bits per heavy atom. The monoisotopic (exact) mass is 211 g/mol. The summed E-state index contributed by atoms with van der Waals surface area (Å²) >= 11 is 1.32. The third kappa shape index (κ3) is 1.72. The van der Waals surface area contributed by atoms with Gasteiger partial charge in [0.2, 0.25) is 0 Å². The summed E-state index contributed by atoms with van der Waals surface area (Å²) in [6.45, 7) is 1.71. The first kappa shape index (κ1) is 9.45. The van der Waals surface area contributed by atoms with Crippen molar-refractivity contribution in [3.63, 3.8) is 0 Å². The fourth-order valence-electron chi connectivity index (χ4n) is 1.66. The van der Waals surface area contributed by atoms with Gasteiger partial charge in [-0.15, -0.1) is 11.3 Å². The van der Waals surface area contributed by atoms with E-state index in [2.05, 4.69) is 4.98 Å². The Kier molecular flexibility index (Phi) is 2.67. The van der Waals surface area contributed by atoms with Crippen LogP contribution in [0.15, 0.2) is 5.51 Å². The summed E-state index contributed by atoms with van der Waals surface area (Å²) in [4.78, 5) is 18.2. The highest BCUT2D eigenvalue weighted by molar-refractivity contribution is 7.12. The van der Waals surface area contributed by atoms with Gasteiger partial charge < -0.3 is 10.6 Å². The summed E-state index contributed by atoms with van der Waals surface area (Å²) in [5.41, 5.74) is 7.22. The minimum Gasteiger partial charge on any atom is -0.382 e. The molecule has 1 aromatic heterocycles. The number of likely N-dealkylation sites (tertiary alicyclic amines) is 1. The number of anilines is 1. The number of piperidine rings is 1. The molecule has 14 heavy (non-hydrogen) atoms. The second-order valence-corrected chi connectivity index (χ2v) is 4.27. The van der Waals surface area contributed by atoms with Crippen LogP contribution in [0, 0.1) is 0 Å². The van der Waals surface area contributed by atoms with Crippen LogP contribution in [0.2, 0.25) is 0 Å². The molecule has 1 aliphatic heterocycles. The lowest BCUT2D eigenvalue weighted by atomic mass is 10.1. The van der Waals surface area contributed by atoms with Crippen LogP contribution in [0.1, 0.15) is 28.9 Å². The summed E-state index contributed by atoms with van der Waals surface area (Å²) in [5, 5.41) is 0. The number of thiazole rings is 1. The van der Waals surface area contributed by atoms with E-state index < -0.39 is 0 Å². The standard InChI is InChI=1S/C9H13N3OS/c10-8-7(14-6-11-8)9(13)12-4-2-1-3-5-12/h6H,1-5,10H2. The summed E-state index contributed by atoms with van der Waals surface area (Å²) in [5.74, 6) is 0.412. The van der Waals surface area contributed by atoms with Crippen LogP contribution in [-0.4, -0.2) is 28.9 Å². The van der Waals surface area contributed by atoms with Crippen molar-refractivity contribution in [2.24, 2.45) is 0 Å². The van der Waals surface area contributed by atoms with Crippen molar-refractivity contribution < 1.29 is 4.79 Å². The fraction of sp³-hybridized carbons (Fsp3) is 0.556. The quantitative estimate of drug-likeness (QED) is 0.762. The SMILES string of the molecule is Nc1ncsc1C(=O)N1CCCCC1. The first-order valence-corrected chi connectivity index (χ1v) is 5.65. The van der Waals surface area contributed by atoms with Gasteiger partial charge in [0, 0.05) is 13.1 Å². The molecule has 2 heterocycles. The average Bonchev–Trinajstić information content (AvgIpc) is 2.65. The fourth-order valence-corrected chi connectivity index (χ4v) is 2.33. The Labute approximate surface area is 86.7 Å². The summed E-state index contributed by atoms with van der Waals surface area (Å²) in [7, 11) is 0. The number of hydrogen-bond acceptors (Lipinski definition) is 4. The molecule has 0 unspecified atom stereocenters. The second kappa shape index (κ2) is 3.96. The Morgan fingerprint density at radius 2 is 2.14 bits per heavy atom.